The molecular weight excluding hydrogens is 226 g/mol. The van der Waals surface area contributed by atoms with Crippen LogP contribution in [-0.2, 0) is 0 Å². The number of phenols is 1. The third kappa shape index (κ3) is 2.94. The second-order valence-electron chi connectivity index (χ2n) is 4.19. The first-order chi connectivity index (χ1) is 8.69. The molecule has 0 aromatic heterocycles. The van der Waals surface area contributed by atoms with Gasteiger partial charge in [0, 0.05) is 11.7 Å². The maximum absolute atomic E-state index is 9.45. The van der Waals surface area contributed by atoms with Crippen molar-refractivity contribution in [2.24, 2.45) is 0 Å². The predicted molar refractivity (Wildman–Crippen MR) is 73.1 cm³/mol. The van der Waals surface area contributed by atoms with Gasteiger partial charge in [-0.15, -0.1) is 0 Å². The summed E-state index contributed by atoms with van der Waals surface area (Å²) in [6, 6.07) is 15.2. The Hall–Kier alpha value is -2.16. The molecule has 0 heterocycles. The number of methoxy groups -OCH3 is 1. The summed E-state index contributed by atoms with van der Waals surface area (Å²) in [4.78, 5) is 0. The van der Waals surface area contributed by atoms with Crippen molar-refractivity contribution in [3.8, 4) is 11.5 Å². The number of aromatic hydroxyl groups is 1. The van der Waals surface area contributed by atoms with Crippen LogP contribution < -0.4 is 10.1 Å². The number of hydrogen-bond acceptors (Lipinski definition) is 3. The summed E-state index contributed by atoms with van der Waals surface area (Å²) in [7, 11) is 1.65. The van der Waals surface area contributed by atoms with E-state index in [4.69, 9.17) is 4.74 Å². The van der Waals surface area contributed by atoms with Crippen LogP contribution in [0.4, 0.5) is 5.69 Å². The van der Waals surface area contributed by atoms with Gasteiger partial charge in [0.15, 0.2) is 0 Å². The molecule has 0 spiro atoms. The van der Waals surface area contributed by atoms with Crippen molar-refractivity contribution in [1.29, 1.82) is 0 Å². The smallest absolute Gasteiger partial charge is 0.119 e. The van der Waals surface area contributed by atoms with Gasteiger partial charge in [0.2, 0.25) is 0 Å². The first-order valence-corrected chi connectivity index (χ1v) is 5.88. The summed E-state index contributed by atoms with van der Waals surface area (Å²) < 4.78 is 5.11. The lowest BCUT2D eigenvalue weighted by atomic mass is 10.1. The number of benzene rings is 2. The number of hydrogen-bond donors (Lipinski definition) is 2. The van der Waals surface area contributed by atoms with Gasteiger partial charge in [-0.3, -0.25) is 0 Å². The van der Waals surface area contributed by atoms with E-state index in [0.29, 0.717) is 0 Å². The van der Waals surface area contributed by atoms with Gasteiger partial charge in [-0.05, 0) is 48.9 Å². The van der Waals surface area contributed by atoms with E-state index in [0.717, 1.165) is 17.0 Å². The fourth-order valence-corrected chi connectivity index (χ4v) is 1.81. The number of ether oxygens (including phenoxy) is 1. The highest BCUT2D eigenvalue weighted by molar-refractivity contribution is 5.48. The second kappa shape index (κ2) is 5.45. The van der Waals surface area contributed by atoms with Gasteiger partial charge in [-0.1, -0.05) is 12.1 Å². The molecule has 2 N–H and O–H groups in total. The fourth-order valence-electron chi connectivity index (χ4n) is 1.81. The van der Waals surface area contributed by atoms with E-state index < -0.39 is 0 Å². The Morgan fingerprint density at radius 3 is 2.44 bits per heavy atom. The largest absolute Gasteiger partial charge is 0.508 e. The Bertz CT molecular complexity index is 508. The molecule has 3 heteroatoms. The van der Waals surface area contributed by atoms with Crippen molar-refractivity contribution in [3.63, 3.8) is 0 Å². The average molecular weight is 243 g/mol. The van der Waals surface area contributed by atoms with Gasteiger partial charge in [0.05, 0.1) is 7.11 Å². The van der Waals surface area contributed by atoms with Crippen molar-refractivity contribution >= 4 is 5.69 Å². The zero-order valence-corrected chi connectivity index (χ0v) is 10.6. The molecule has 2 aromatic rings. The van der Waals surface area contributed by atoms with Crippen LogP contribution in [-0.4, -0.2) is 12.2 Å². The molecule has 0 saturated heterocycles. The first kappa shape index (κ1) is 12.3. The minimum absolute atomic E-state index is 0.130. The molecule has 0 bridgehead atoms. The quantitative estimate of drug-likeness (QED) is 0.862. The summed E-state index contributed by atoms with van der Waals surface area (Å²) in [6.45, 7) is 2.05. The van der Waals surface area contributed by atoms with Crippen LogP contribution in [0, 0.1) is 0 Å². The Kier molecular flexibility index (Phi) is 3.72. The summed E-state index contributed by atoms with van der Waals surface area (Å²) in [5, 5.41) is 12.8. The van der Waals surface area contributed by atoms with Gasteiger partial charge in [0.25, 0.3) is 0 Å². The highest BCUT2D eigenvalue weighted by Gasteiger charge is 2.05. The SMILES string of the molecule is COc1ccc(NC(C)c2cccc(O)c2)cc1. The lowest BCUT2D eigenvalue weighted by Crippen LogP contribution is -2.06. The van der Waals surface area contributed by atoms with Crippen LogP contribution in [0.1, 0.15) is 18.5 Å². The Balaban J connectivity index is 2.08. The molecule has 1 unspecified atom stereocenters. The van der Waals surface area contributed by atoms with Crippen LogP contribution in [0.5, 0.6) is 11.5 Å². The highest BCUT2D eigenvalue weighted by atomic mass is 16.5. The van der Waals surface area contributed by atoms with Crippen molar-refractivity contribution in [1.82, 2.24) is 0 Å². The van der Waals surface area contributed by atoms with Crippen molar-refractivity contribution in [2.75, 3.05) is 12.4 Å². The molecule has 0 aliphatic heterocycles. The van der Waals surface area contributed by atoms with Crippen molar-refractivity contribution in [3.05, 3.63) is 54.1 Å². The molecule has 0 fully saturated rings. The molecule has 0 aliphatic rings. The van der Waals surface area contributed by atoms with Gasteiger partial charge in [0.1, 0.15) is 11.5 Å². The van der Waals surface area contributed by atoms with E-state index in [1.807, 2.05) is 36.4 Å². The van der Waals surface area contributed by atoms with E-state index >= 15 is 0 Å². The van der Waals surface area contributed by atoms with E-state index in [2.05, 4.69) is 12.2 Å². The summed E-state index contributed by atoms with van der Waals surface area (Å²) in [6.07, 6.45) is 0. The standard InChI is InChI=1S/C15H17NO2/c1-11(12-4-3-5-14(17)10-12)16-13-6-8-15(18-2)9-7-13/h3-11,16-17H,1-2H3. The molecule has 0 amide bonds. The number of rotatable bonds is 4. The van der Waals surface area contributed by atoms with Crippen LogP contribution in [0.3, 0.4) is 0 Å². The van der Waals surface area contributed by atoms with Gasteiger partial charge in [-0.2, -0.15) is 0 Å². The molecule has 1 atom stereocenters. The Labute approximate surface area is 107 Å². The van der Waals surface area contributed by atoms with Crippen LogP contribution >= 0.6 is 0 Å². The Morgan fingerprint density at radius 1 is 1.11 bits per heavy atom. The predicted octanol–water partition coefficient (Wildman–Crippen LogP) is 3.57. The van der Waals surface area contributed by atoms with Crippen LogP contribution in [0.15, 0.2) is 48.5 Å². The molecule has 2 rings (SSSR count). The molecular formula is C15H17NO2. The van der Waals surface area contributed by atoms with E-state index in [9.17, 15) is 5.11 Å². The van der Waals surface area contributed by atoms with E-state index in [1.165, 1.54) is 0 Å². The normalized spacial score (nSPS) is 11.9. The van der Waals surface area contributed by atoms with Crippen LogP contribution in [0.25, 0.3) is 0 Å². The van der Waals surface area contributed by atoms with Gasteiger partial charge >= 0.3 is 0 Å². The molecule has 3 nitrogen and oxygen atoms in total. The third-order valence-corrected chi connectivity index (χ3v) is 2.84. The summed E-state index contributed by atoms with van der Waals surface area (Å²) in [5.41, 5.74) is 2.07. The summed E-state index contributed by atoms with van der Waals surface area (Å²) in [5.74, 6) is 1.13. The van der Waals surface area contributed by atoms with Crippen molar-refractivity contribution < 1.29 is 9.84 Å². The number of nitrogens with one attached hydrogen (secondary N) is 1. The van der Waals surface area contributed by atoms with Crippen molar-refractivity contribution in [2.45, 2.75) is 13.0 Å². The first-order valence-electron chi connectivity index (χ1n) is 5.88. The lowest BCUT2D eigenvalue weighted by Gasteiger charge is -2.16. The average Bonchev–Trinajstić information content (AvgIpc) is 2.39. The topological polar surface area (TPSA) is 41.5 Å². The third-order valence-electron chi connectivity index (χ3n) is 2.84. The zero-order chi connectivity index (χ0) is 13.0. The molecule has 18 heavy (non-hydrogen) atoms. The maximum Gasteiger partial charge on any atom is 0.119 e. The Morgan fingerprint density at radius 2 is 1.83 bits per heavy atom. The minimum atomic E-state index is 0.130. The summed E-state index contributed by atoms with van der Waals surface area (Å²) >= 11 is 0. The maximum atomic E-state index is 9.45. The van der Waals surface area contributed by atoms with Gasteiger partial charge in [-0.25, -0.2) is 0 Å². The van der Waals surface area contributed by atoms with Crippen LogP contribution in [0.2, 0.25) is 0 Å². The van der Waals surface area contributed by atoms with E-state index in [1.54, 1.807) is 19.2 Å². The highest BCUT2D eigenvalue weighted by Crippen LogP contribution is 2.23. The zero-order valence-electron chi connectivity index (χ0n) is 10.6. The monoisotopic (exact) mass is 243 g/mol. The lowest BCUT2D eigenvalue weighted by molar-refractivity contribution is 0.415. The molecule has 2 aromatic carbocycles. The minimum Gasteiger partial charge on any atom is -0.508 e. The molecule has 0 radical (unpaired) electrons. The molecule has 0 saturated carbocycles. The molecule has 94 valence electrons. The molecule has 0 aliphatic carbocycles. The number of phenolic OH excluding ortho intramolecular Hbond substituents is 1. The van der Waals surface area contributed by atoms with Gasteiger partial charge < -0.3 is 15.2 Å². The fraction of sp³-hybridized carbons (Fsp3) is 0.200. The van der Waals surface area contributed by atoms with E-state index in [-0.39, 0.29) is 11.8 Å². The number of anilines is 1. The second-order valence-corrected chi connectivity index (χ2v) is 4.19.